The molecule has 0 aliphatic carbocycles. The SMILES string of the molecule is CN(N)C(=N)N1CCC(NC(=O)c2cnc3cc(Cl)ccc3c2)CC1. The molecule has 2 heterocycles. The minimum atomic E-state index is -0.131. The molecule has 1 aliphatic heterocycles. The van der Waals surface area contributed by atoms with Gasteiger partial charge in [0.25, 0.3) is 5.91 Å². The van der Waals surface area contributed by atoms with Crippen molar-refractivity contribution >= 4 is 34.4 Å². The maximum absolute atomic E-state index is 12.5. The summed E-state index contributed by atoms with van der Waals surface area (Å²) in [5, 5.41) is 13.7. The van der Waals surface area contributed by atoms with Crippen LogP contribution in [0.2, 0.25) is 5.02 Å². The molecule has 0 saturated carbocycles. The first-order valence-corrected chi connectivity index (χ1v) is 8.50. The summed E-state index contributed by atoms with van der Waals surface area (Å²) in [6, 6.07) is 7.32. The Kier molecular flexibility index (Phi) is 5.06. The number of likely N-dealkylation sites (tertiary alicyclic amines) is 1. The Morgan fingerprint density at radius 2 is 2.12 bits per heavy atom. The van der Waals surface area contributed by atoms with Crippen molar-refractivity contribution in [1.82, 2.24) is 20.2 Å². The van der Waals surface area contributed by atoms with E-state index in [9.17, 15) is 4.79 Å². The van der Waals surface area contributed by atoms with Crippen LogP contribution in [0.5, 0.6) is 0 Å². The number of benzene rings is 1. The highest BCUT2D eigenvalue weighted by Crippen LogP contribution is 2.19. The van der Waals surface area contributed by atoms with Crippen molar-refractivity contribution in [3.8, 4) is 0 Å². The van der Waals surface area contributed by atoms with E-state index in [-0.39, 0.29) is 11.9 Å². The number of rotatable bonds is 2. The topological polar surface area (TPSA) is 98.3 Å². The quantitative estimate of drug-likeness (QED) is 0.328. The summed E-state index contributed by atoms with van der Waals surface area (Å²) >= 11 is 5.95. The summed E-state index contributed by atoms with van der Waals surface area (Å²) in [5.41, 5.74) is 1.30. The van der Waals surface area contributed by atoms with Crippen LogP contribution >= 0.6 is 11.6 Å². The smallest absolute Gasteiger partial charge is 0.253 e. The number of hydrazine groups is 1. The van der Waals surface area contributed by atoms with Crippen LogP contribution in [0.4, 0.5) is 0 Å². The first-order valence-electron chi connectivity index (χ1n) is 8.12. The van der Waals surface area contributed by atoms with Gasteiger partial charge in [-0.25, -0.2) is 5.84 Å². The zero-order valence-electron chi connectivity index (χ0n) is 14.0. The Balaban J connectivity index is 1.61. The monoisotopic (exact) mass is 360 g/mol. The summed E-state index contributed by atoms with van der Waals surface area (Å²) in [4.78, 5) is 18.7. The number of aromatic nitrogens is 1. The standard InChI is InChI=1S/C17H21ClN6O/c1-23(20)17(19)24-6-4-14(5-7-24)22-16(25)12-8-11-2-3-13(18)9-15(11)21-10-12/h2-3,8-10,14,19H,4-7,20H2,1H3,(H,22,25). The van der Waals surface area contributed by atoms with Crippen LogP contribution in [0, 0.1) is 5.41 Å². The summed E-state index contributed by atoms with van der Waals surface area (Å²) < 4.78 is 0. The minimum Gasteiger partial charge on any atom is -0.349 e. The highest BCUT2D eigenvalue weighted by Gasteiger charge is 2.23. The van der Waals surface area contributed by atoms with Crippen LogP contribution in [-0.4, -0.2) is 52.9 Å². The molecule has 1 aliphatic rings. The van der Waals surface area contributed by atoms with E-state index < -0.39 is 0 Å². The van der Waals surface area contributed by atoms with Crippen LogP contribution in [0.1, 0.15) is 23.2 Å². The summed E-state index contributed by atoms with van der Waals surface area (Å²) in [5.74, 6) is 5.76. The molecule has 0 atom stereocenters. The van der Waals surface area contributed by atoms with Crippen LogP contribution in [-0.2, 0) is 0 Å². The zero-order valence-corrected chi connectivity index (χ0v) is 14.8. The Bertz CT molecular complexity index is 801. The molecule has 0 radical (unpaired) electrons. The Morgan fingerprint density at radius 3 is 2.80 bits per heavy atom. The van der Waals surface area contributed by atoms with Crippen molar-refractivity contribution in [3.05, 3.63) is 41.0 Å². The van der Waals surface area contributed by atoms with Crippen molar-refractivity contribution < 1.29 is 4.79 Å². The molecule has 132 valence electrons. The molecule has 4 N–H and O–H groups in total. The molecule has 7 nitrogen and oxygen atoms in total. The van der Waals surface area contributed by atoms with Gasteiger partial charge in [-0.15, -0.1) is 0 Å². The van der Waals surface area contributed by atoms with Crippen LogP contribution < -0.4 is 11.2 Å². The van der Waals surface area contributed by atoms with Gasteiger partial charge in [0, 0.05) is 42.8 Å². The lowest BCUT2D eigenvalue weighted by atomic mass is 10.0. The average Bonchev–Trinajstić information content (AvgIpc) is 2.61. The van der Waals surface area contributed by atoms with Gasteiger partial charge in [0.2, 0.25) is 5.96 Å². The number of carbonyl (C=O) groups is 1. The predicted octanol–water partition coefficient (Wildman–Crippen LogP) is 1.82. The molecule has 0 bridgehead atoms. The molecular weight excluding hydrogens is 340 g/mol. The number of halogens is 1. The van der Waals surface area contributed by atoms with E-state index in [4.69, 9.17) is 22.9 Å². The summed E-state index contributed by atoms with van der Waals surface area (Å²) in [6.45, 7) is 1.39. The fraction of sp³-hybridized carbons (Fsp3) is 0.353. The van der Waals surface area contributed by atoms with E-state index in [1.165, 1.54) is 5.01 Å². The summed E-state index contributed by atoms with van der Waals surface area (Å²) in [7, 11) is 1.65. The molecule has 1 amide bonds. The third-order valence-electron chi connectivity index (χ3n) is 4.37. The van der Waals surface area contributed by atoms with Crippen LogP contribution in [0.25, 0.3) is 10.9 Å². The summed E-state index contributed by atoms with van der Waals surface area (Å²) in [6.07, 6.45) is 3.12. The van der Waals surface area contributed by atoms with Crippen molar-refractivity contribution in [3.63, 3.8) is 0 Å². The van der Waals surface area contributed by atoms with Crippen molar-refractivity contribution in [1.29, 1.82) is 5.41 Å². The van der Waals surface area contributed by atoms with Gasteiger partial charge in [-0.1, -0.05) is 17.7 Å². The number of fused-ring (bicyclic) bond motifs is 1. The molecule has 2 aromatic rings. The van der Waals surface area contributed by atoms with E-state index in [0.29, 0.717) is 29.6 Å². The van der Waals surface area contributed by atoms with Gasteiger partial charge < -0.3 is 10.2 Å². The molecule has 8 heteroatoms. The Labute approximate surface area is 151 Å². The van der Waals surface area contributed by atoms with E-state index in [1.54, 1.807) is 25.4 Å². The third kappa shape index (κ3) is 4.00. The Morgan fingerprint density at radius 1 is 1.40 bits per heavy atom. The molecule has 0 spiro atoms. The number of hydrogen-bond donors (Lipinski definition) is 3. The molecule has 1 aromatic carbocycles. The minimum absolute atomic E-state index is 0.0838. The first-order chi connectivity index (χ1) is 11.9. The second-order valence-corrected chi connectivity index (χ2v) is 6.67. The molecular formula is C17H21ClN6O. The number of carbonyl (C=O) groups excluding carboxylic acids is 1. The fourth-order valence-electron chi connectivity index (χ4n) is 2.95. The lowest BCUT2D eigenvalue weighted by Gasteiger charge is -2.35. The van der Waals surface area contributed by atoms with Gasteiger partial charge in [0.1, 0.15) is 0 Å². The van der Waals surface area contributed by atoms with E-state index in [0.717, 1.165) is 23.7 Å². The van der Waals surface area contributed by atoms with Crippen LogP contribution in [0.15, 0.2) is 30.5 Å². The maximum Gasteiger partial charge on any atom is 0.253 e. The van der Waals surface area contributed by atoms with Gasteiger partial charge >= 0.3 is 0 Å². The van der Waals surface area contributed by atoms with Gasteiger partial charge in [0.15, 0.2) is 0 Å². The highest BCUT2D eigenvalue weighted by atomic mass is 35.5. The fourth-order valence-corrected chi connectivity index (χ4v) is 3.11. The Hall–Kier alpha value is -2.38. The third-order valence-corrected chi connectivity index (χ3v) is 4.61. The average molecular weight is 361 g/mol. The van der Waals surface area contributed by atoms with E-state index >= 15 is 0 Å². The molecule has 1 aromatic heterocycles. The van der Waals surface area contributed by atoms with Gasteiger partial charge in [-0.3, -0.25) is 20.2 Å². The van der Waals surface area contributed by atoms with E-state index in [1.807, 2.05) is 17.0 Å². The van der Waals surface area contributed by atoms with Gasteiger partial charge in [-0.05, 0) is 31.0 Å². The van der Waals surface area contributed by atoms with Crippen LogP contribution in [0.3, 0.4) is 0 Å². The number of nitrogens with two attached hydrogens (primary N) is 1. The number of amides is 1. The second kappa shape index (κ2) is 7.25. The number of pyridine rings is 1. The van der Waals surface area contributed by atoms with Gasteiger partial charge in [0.05, 0.1) is 11.1 Å². The highest BCUT2D eigenvalue weighted by molar-refractivity contribution is 6.31. The van der Waals surface area contributed by atoms with Gasteiger partial charge in [-0.2, -0.15) is 0 Å². The largest absolute Gasteiger partial charge is 0.349 e. The molecule has 1 saturated heterocycles. The number of nitrogens with one attached hydrogen (secondary N) is 2. The predicted molar refractivity (Wildman–Crippen MR) is 98.5 cm³/mol. The number of piperidine rings is 1. The lowest BCUT2D eigenvalue weighted by Crippen LogP contribution is -2.51. The van der Waals surface area contributed by atoms with Crippen molar-refractivity contribution in [2.75, 3.05) is 20.1 Å². The van der Waals surface area contributed by atoms with E-state index in [2.05, 4.69) is 10.3 Å². The lowest BCUT2D eigenvalue weighted by molar-refractivity contribution is 0.0920. The molecule has 0 unspecified atom stereocenters. The maximum atomic E-state index is 12.5. The van der Waals surface area contributed by atoms with Crippen molar-refractivity contribution in [2.45, 2.75) is 18.9 Å². The normalized spacial score (nSPS) is 15.2. The number of guanidine groups is 1. The zero-order chi connectivity index (χ0) is 18.0. The van der Waals surface area contributed by atoms with Crippen molar-refractivity contribution in [2.24, 2.45) is 5.84 Å². The second-order valence-electron chi connectivity index (χ2n) is 6.23. The number of nitrogens with zero attached hydrogens (tertiary/aromatic N) is 3. The molecule has 1 fully saturated rings. The number of hydrogen-bond acceptors (Lipinski definition) is 4. The molecule has 3 rings (SSSR count). The molecule has 25 heavy (non-hydrogen) atoms. The first kappa shape index (κ1) is 17.4.